The van der Waals surface area contributed by atoms with E-state index in [4.69, 9.17) is 21.7 Å². The van der Waals surface area contributed by atoms with E-state index in [2.05, 4.69) is 37.4 Å². The topological polar surface area (TPSA) is 118 Å². The van der Waals surface area contributed by atoms with Gasteiger partial charge in [0.15, 0.2) is 5.11 Å². The first-order valence-electron chi connectivity index (χ1n) is 10.1. The van der Waals surface area contributed by atoms with Gasteiger partial charge in [-0.2, -0.15) is 0 Å². The van der Waals surface area contributed by atoms with Crippen LogP contribution in [0, 0.1) is 0 Å². The predicted molar refractivity (Wildman–Crippen MR) is 132 cm³/mol. The summed E-state index contributed by atoms with van der Waals surface area (Å²) < 4.78 is 11.2. The minimum atomic E-state index is -0.511. The quantitative estimate of drug-likeness (QED) is 0.221. The summed E-state index contributed by atoms with van der Waals surface area (Å²) >= 11 is 8.42. The largest absolute Gasteiger partial charge is 0.490 e. The average Bonchev–Trinajstić information content (AvgIpc) is 2.79. The number of benzene rings is 2. The molecule has 0 bridgehead atoms. The summed E-state index contributed by atoms with van der Waals surface area (Å²) in [6.07, 6.45) is 1.17. The van der Waals surface area contributed by atoms with Crippen LogP contribution in [0.4, 0.5) is 5.69 Å². The summed E-state index contributed by atoms with van der Waals surface area (Å²) in [6, 6.07) is 11.4. The van der Waals surface area contributed by atoms with E-state index < -0.39 is 11.8 Å². The van der Waals surface area contributed by atoms with Gasteiger partial charge in [-0.15, -0.1) is 0 Å². The molecule has 0 spiro atoms. The van der Waals surface area contributed by atoms with Crippen LogP contribution in [0.1, 0.15) is 40.5 Å². The zero-order valence-corrected chi connectivity index (χ0v) is 20.6. The Labute approximate surface area is 205 Å². The fourth-order valence-corrected chi connectivity index (χ4v) is 3.09. The van der Waals surface area contributed by atoms with Crippen LogP contribution in [0.25, 0.3) is 0 Å². The first kappa shape index (κ1) is 26.2. The maximum atomic E-state index is 12.6. The molecule has 0 saturated carbocycles. The molecule has 0 aromatic heterocycles. The monoisotopic (exact) mass is 536 g/mol. The third kappa shape index (κ3) is 8.79. The summed E-state index contributed by atoms with van der Waals surface area (Å²) in [5, 5.41) is 5.14. The Hall–Kier alpha value is -3.02. The van der Waals surface area contributed by atoms with Crippen molar-refractivity contribution in [2.75, 3.05) is 25.6 Å². The van der Waals surface area contributed by atoms with E-state index in [1.165, 1.54) is 0 Å². The van der Waals surface area contributed by atoms with Crippen molar-refractivity contribution < 1.29 is 23.9 Å². The lowest BCUT2D eigenvalue weighted by Crippen LogP contribution is -2.48. The van der Waals surface area contributed by atoms with Crippen molar-refractivity contribution in [3.63, 3.8) is 0 Å². The summed E-state index contributed by atoms with van der Waals surface area (Å²) in [5.74, 6) is -0.701. The Balaban J connectivity index is 1.89. The van der Waals surface area contributed by atoms with Gasteiger partial charge < -0.3 is 14.8 Å². The molecule has 0 radical (unpaired) electrons. The molecular weight excluding hydrogens is 512 g/mol. The van der Waals surface area contributed by atoms with Crippen LogP contribution in [0.15, 0.2) is 46.9 Å². The second kappa shape index (κ2) is 13.5. The van der Waals surface area contributed by atoms with Crippen molar-refractivity contribution in [2.24, 2.45) is 0 Å². The Bertz CT molecular complexity index is 1000. The van der Waals surface area contributed by atoms with Crippen molar-refractivity contribution in [3.8, 4) is 5.75 Å². The lowest BCUT2D eigenvalue weighted by atomic mass is 10.2. The summed E-state index contributed by atoms with van der Waals surface area (Å²) in [7, 11) is 1.55. The van der Waals surface area contributed by atoms with E-state index in [1.807, 2.05) is 6.92 Å². The van der Waals surface area contributed by atoms with Crippen LogP contribution in [0.3, 0.4) is 0 Å². The summed E-state index contributed by atoms with van der Waals surface area (Å²) in [4.78, 5) is 36.6. The molecule has 33 heavy (non-hydrogen) atoms. The molecule has 9 nitrogen and oxygen atoms in total. The number of hydrazine groups is 1. The molecular formula is C22H25BrN4O5S. The zero-order chi connectivity index (χ0) is 24.2. The van der Waals surface area contributed by atoms with Crippen LogP contribution in [0.5, 0.6) is 5.75 Å². The van der Waals surface area contributed by atoms with Gasteiger partial charge in [-0.25, -0.2) is 0 Å². The maximum absolute atomic E-state index is 12.6. The standard InChI is InChI=1S/C22H25BrN4O5S/c1-3-4-19(28)24-16-8-5-14(6-9-16)20(29)26-27-22(33)25-21(30)17-13-15(23)7-10-18(17)32-12-11-31-2/h5-10,13H,3-4,11-12H2,1-2H3,(H,24,28)(H,26,29)(H2,25,27,30,33). The molecule has 2 aromatic carbocycles. The first-order valence-corrected chi connectivity index (χ1v) is 11.3. The van der Waals surface area contributed by atoms with Crippen molar-refractivity contribution >= 4 is 56.7 Å². The number of rotatable bonds is 9. The average molecular weight is 537 g/mol. The maximum Gasteiger partial charge on any atom is 0.269 e. The van der Waals surface area contributed by atoms with E-state index in [-0.39, 0.29) is 23.2 Å². The number of ether oxygens (including phenoxy) is 2. The van der Waals surface area contributed by atoms with Crippen LogP contribution in [-0.4, -0.2) is 43.2 Å². The second-order valence-corrected chi connectivity index (χ2v) is 8.04. The van der Waals surface area contributed by atoms with Crippen LogP contribution < -0.4 is 26.2 Å². The molecule has 0 aliphatic carbocycles. The third-order valence-electron chi connectivity index (χ3n) is 4.16. The van der Waals surface area contributed by atoms with Crippen molar-refractivity contribution in [3.05, 3.63) is 58.1 Å². The Morgan fingerprint density at radius 2 is 1.73 bits per heavy atom. The van der Waals surface area contributed by atoms with Gasteiger partial charge in [0.25, 0.3) is 11.8 Å². The smallest absolute Gasteiger partial charge is 0.269 e. The summed E-state index contributed by atoms with van der Waals surface area (Å²) in [5.41, 5.74) is 6.10. The number of anilines is 1. The molecule has 0 unspecified atom stereocenters. The number of thiocarbonyl (C=S) groups is 1. The van der Waals surface area contributed by atoms with Gasteiger partial charge in [-0.05, 0) is 61.1 Å². The molecule has 0 aliphatic heterocycles. The van der Waals surface area contributed by atoms with Gasteiger partial charge >= 0.3 is 0 Å². The van der Waals surface area contributed by atoms with Crippen LogP contribution in [-0.2, 0) is 9.53 Å². The molecule has 0 aliphatic rings. The minimum Gasteiger partial charge on any atom is -0.490 e. The Morgan fingerprint density at radius 3 is 2.39 bits per heavy atom. The number of hydrogen-bond acceptors (Lipinski definition) is 6. The van der Waals surface area contributed by atoms with Gasteiger partial charge in [0, 0.05) is 29.3 Å². The summed E-state index contributed by atoms with van der Waals surface area (Å²) in [6.45, 7) is 2.56. The molecule has 0 heterocycles. The highest BCUT2D eigenvalue weighted by Crippen LogP contribution is 2.23. The van der Waals surface area contributed by atoms with Crippen molar-refractivity contribution in [1.82, 2.24) is 16.2 Å². The first-order chi connectivity index (χ1) is 15.8. The number of carbonyl (C=O) groups excluding carboxylic acids is 3. The third-order valence-corrected chi connectivity index (χ3v) is 4.85. The number of methoxy groups -OCH3 is 1. The number of amides is 3. The number of halogens is 1. The van der Waals surface area contributed by atoms with Gasteiger partial charge in [-0.1, -0.05) is 22.9 Å². The number of nitrogens with one attached hydrogen (secondary N) is 4. The van der Waals surface area contributed by atoms with Gasteiger partial charge in [-0.3, -0.25) is 30.6 Å². The molecule has 3 amide bonds. The Morgan fingerprint density at radius 1 is 1.00 bits per heavy atom. The molecule has 176 valence electrons. The lowest BCUT2D eigenvalue weighted by Gasteiger charge is -2.14. The van der Waals surface area contributed by atoms with E-state index in [1.54, 1.807) is 49.6 Å². The van der Waals surface area contributed by atoms with Crippen LogP contribution in [0.2, 0.25) is 0 Å². The predicted octanol–water partition coefficient (Wildman–Crippen LogP) is 3.16. The van der Waals surface area contributed by atoms with E-state index >= 15 is 0 Å². The zero-order valence-electron chi connectivity index (χ0n) is 18.2. The molecule has 2 rings (SSSR count). The molecule has 2 aromatic rings. The van der Waals surface area contributed by atoms with E-state index in [0.717, 1.165) is 6.42 Å². The highest BCUT2D eigenvalue weighted by atomic mass is 79.9. The van der Waals surface area contributed by atoms with Crippen molar-refractivity contribution in [2.45, 2.75) is 19.8 Å². The molecule has 0 saturated heterocycles. The molecule has 11 heteroatoms. The van der Waals surface area contributed by atoms with Crippen molar-refractivity contribution in [1.29, 1.82) is 0 Å². The Kier molecular flexibility index (Phi) is 10.7. The fraction of sp³-hybridized carbons (Fsp3) is 0.273. The van der Waals surface area contributed by atoms with Gasteiger partial charge in [0.2, 0.25) is 5.91 Å². The van der Waals surface area contributed by atoms with Gasteiger partial charge in [0.05, 0.1) is 12.2 Å². The fourth-order valence-electron chi connectivity index (χ4n) is 2.58. The minimum absolute atomic E-state index is 0.0878. The normalized spacial score (nSPS) is 10.2. The van der Waals surface area contributed by atoms with Crippen LogP contribution >= 0.6 is 28.1 Å². The van der Waals surface area contributed by atoms with Gasteiger partial charge in [0.1, 0.15) is 12.4 Å². The molecule has 0 atom stereocenters. The second-order valence-electron chi connectivity index (χ2n) is 6.72. The van der Waals surface area contributed by atoms with E-state index in [0.29, 0.717) is 34.5 Å². The highest BCUT2D eigenvalue weighted by molar-refractivity contribution is 9.10. The molecule has 4 N–H and O–H groups in total. The van der Waals surface area contributed by atoms with E-state index in [9.17, 15) is 14.4 Å². The molecule has 0 fully saturated rings. The SMILES string of the molecule is CCCC(=O)Nc1ccc(C(=O)NNC(=S)NC(=O)c2cc(Br)ccc2OCCOC)cc1. The number of hydrogen-bond donors (Lipinski definition) is 4. The number of carbonyl (C=O) groups is 3. The lowest BCUT2D eigenvalue weighted by molar-refractivity contribution is -0.116. The highest BCUT2D eigenvalue weighted by Gasteiger charge is 2.15.